The van der Waals surface area contributed by atoms with Crippen molar-refractivity contribution < 1.29 is 19.4 Å². The second-order valence-corrected chi connectivity index (χ2v) is 8.00. The minimum Gasteiger partial charge on any atom is -0.504 e. The van der Waals surface area contributed by atoms with Gasteiger partial charge >= 0.3 is 5.97 Å². The van der Waals surface area contributed by atoms with Gasteiger partial charge in [-0.15, -0.1) is 11.3 Å². The van der Waals surface area contributed by atoms with Gasteiger partial charge in [0.2, 0.25) is 5.90 Å². The van der Waals surface area contributed by atoms with Crippen molar-refractivity contribution in [2.75, 3.05) is 7.11 Å². The Hall–Kier alpha value is -2.35. The Morgan fingerprint density at radius 1 is 1.30 bits per heavy atom. The largest absolute Gasteiger partial charge is 0.504 e. The Labute approximate surface area is 171 Å². The molecule has 0 atom stereocenters. The highest BCUT2D eigenvalue weighted by molar-refractivity contribution is 9.10. The molecule has 0 bridgehead atoms. The lowest BCUT2D eigenvalue weighted by Crippen LogP contribution is -2.04. The molecule has 2 heterocycles. The first-order valence-corrected chi connectivity index (χ1v) is 9.72. The summed E-state index contributed by atoms with van der Waals surface area (Å²) in [6.45, 7) is 0. The van der Waals surface area contributed by atoms with Crippen LogP contribution >= 0.6 is 38.9 Å². The van der Waals surface area contributed by atoms with E-state index in [0.717, 1.165) is 14.6 Å². The number of rotatable bonds is 3. The van der Waals surface area contributed by atoms with Gasteiger partial charge in [-0.05, 0) is 35.9 Å². The molecular formula is C19H11BrClNO4S. The van der Waals surface area contributed by atoms with Crippen molar-refractivity contribution in [1.82, 2.24) is 0 Å². The fraction of sp³-hybridized carbons (Fsp3) is 0.0526. The van der Waals surface area contributed by atoms with Crippen molar-refractivity contribution in [3.8, 4) is 11.5 Å². The summed E-state index contributed by atoms with van der Waals surface area (Å²) in [4.78, 5) is 17.1. The number of nitrogens with zero attached hydrogens (tertiary/aromatic N) is 1. The number of ether oxygens (including phenoxy) is 2. The van der Waals surface area contributed by atoms with E-state index in [1.54, 1.807) is 12.1 Å². The summed E-state index contributed by atoms with van der Waals surface area (Å²) in [6.07, 6.45) is 1.53. The number of aromatic hydroxyl groups is 1. The van der Waals surface area contributed by atoms with Crippen LogP contribution < -0.4 is 4.74 Å². The summed E-state index contributed by atoms with van der Waals surface area (Å²) in [5.41, 5.74) is 0.723. The Bertz CT molecular complexity index is 1150. The summed E-state index contributed by atoms with van der Waals surface area (Å²) in [6, 6.07) is 10.5. The predicted molar refractivity (Wildman–Crippen MR) is 110 cm³/mol. The molecule has 3 aromatic rings. The van der Waals surface area contributed by atoms with Gasteiger partial charge in [-0.25, -0.2) is 9.79 Å². The third kappa shape index (κ3) is 3.34. The number of hydrogen-bond acceptors (Lipinski definition) is 6. The van der Waals surface area contributed by atoms with Gasteiger partial charge in [0, 0.05) is 14.6 Å². The molecule has 0 amide bonds. The van der Waals surface area contributed by atoms with Crippen molar-refractivity contribution in [1.29, 1.82) is 0 Å². The van der Waals surface area contributed by atoms with Crippen LogP contribution in [-0.2, 0) is 9.53 Å². The molecule has 1 N–H and O–H groups in total. The van der Waals surface area contributed by atoms with E-state index in [1.165, 1.54) is 30.6 Å². The molecule has 1 aliphatic heterocycles. The molecule has 0 saturated carbocycles. The van der Waals surface area contributed by atoms with Crippen LogP contribution in [0, 0.1) is 0 Å². The van der Waals surface area contributed by atoms with E-state index in [9.17, 15) is 9.90 Å². The summed E-state index contributed by atoms with van der Waals surface area (Å²) in [5.74, 6) is -0.0829. The number of hydrogen-bond donors (Lipinski definition) is 1. The number of methoxy groups -OCH3 is 1. The third-order valence-corrected chi connectivity index (χ3v) is 6.05. The van der Waals surface area contributed by atoms with Gasteiger partial charge in [0.25, 0.3) is 0 Å². The minimum atomic E-state index is -0.574. The van der Waals surface area contributed by atoms with Crippen molar-refractivity contribution >= 4 is 66.9 Å². The summed E-state index contributed by atoms with van der Waals surface area (Å²) < 4.78 is 12.2. The maximum absolute atomic E-state index is 12.2. The molecule has 0 saturated heterocycles. The van der Waals surface area contributed by atoms with Gasteiger partial charge in [0.05, 0.1) is 12.1 Å². The van der Waals surface area contributed by atoms with Crippen LogP contribution in [0.15, 0.2) is 51.6 Å². The molecule has 27 heavy (non-hydrogen) atoms. The quantitative estimate of drug-likeness (QED) is 0.418. The Morgan fingerprint density at radius 3 is 2.85 bits per heavy atom. The number of aliphatic imine (C=N–C) groups is 1. The fourth-order valence-corrected chi connectivity index (χ4v) is 4.63. The molecule has 136 valence electrons. The van der Waals surface area contributed by atoms with E-state index in [-0.39, 0.29) is 17.3 Å². The predicted octanol–water partition coefficient (Wildman–Crippen LogP) is 5.38. The Kier molecular flexibility index (Phi) is 4.67. The van der Waals surface area contributed by atoms with Crippen LogP contribution in [0.1, 0.15) is 10.4 Å². The average molecular weight is 465 g/mol. The van der Waals surface area contributed by atoms with Crippen LogP contribution in [0.2, 0.25) is 5.02 Å². The minimum absolute atomic E-state index is 0.0273. The van der Waals surface area contributed by atoms with Crippen LogP contribution in [0.25, 0.3) is 16.2 Å². The number of carbonyl (C=O) groups excluding carboxylic acids is 1. The lowest BCUT2D eigenvalue weighted by atomic mass is 10.1. The first kappa shape index (κ1) is 18.0. The number of esters is 1. The summed E-state index contributed by atoms with van der Waals surface area (Å²) in [5, 5.41) is 11.2. The zero-order chi connectivity index (χ0) is 19.1. The lowest BCUT2D eigenvalue weighted by Gasteiger charge is -2.03. The second-order valence-electron chi connectivity index (χ2n) is 5.65. The van der Waals surface area contributed by atoms with Crippen molar-refractivity contribution in [2.24, 2.45) is 4.99 Å². The number of fused-ring (bicyclic) bond motifs is 1. The number of thiophene rings is 1. The molecule has 0 fully saturated rings. The van der Waals surface area contributed by atoms with Gasteiger partial charge < -0.3 is 14.6 Å². The van der Waals surface area contributed by atoms with Crippen LogP contribution in [0.5, 0.6) is 11.5 Å². The first-order chi connectivity index (χ1) is 13.0. The highest BCUT2D eigenvalue weighted by Crippen LogP contribution is 2.38. The maximum Gasteiger partial charge on any atom is 0.363 e. The third-order valence-electron chi connectivity index (χ3n) is 3.91. The van der Waals surface area contributed by atoms with Crippen LogP contribution in [0.4, 0.5) is 0 Å². The van der Waals surface area contributed by atoms with E-state index in [0.29, 0.717) is 21.2 Å². The Balaban J connectivity index is 1.73. The van der Waals surface area contributed by atoms with Crippen molar-refractivity contribution in [3.63, 3.8) is 0 Å². The molecule has 1 aromatic heterocycles. The Morgan fingerprint density at radius 2 is 2.11 bits per heavy atom. The number of cyclic esters (lactones) is 1. The highest BCUT2D eigenvalue weighted by atomic mass is 79.9. The molecule has 2 aromatic carbocycles. The fourth-order valence-electron chi connectivity index (χ4n) is 2.64. The molecule has 8 heteroatoms. The highest BCUT2D eigenvalue weighted by Gasteiger charge is 2.28. The van der Waals surface area contributed by atoms with Crippen molar-refractivity contribution in [3.05, 3.63) is 62.0 Å². The number of benzene rings is 2. The molecule has 5 nitrogen and oxygen atoms in total. The molecule has 4 rings (SSSR count). The molecule has 1 aliphatic rings. The smallest absolute Gasteiger partial charge is 0.363 e. The van der Waals surface area contributed by atoms with E-state index in [1.807, 2.05) is 18.2 Å². The zero-order valence-corrected chi connectivity index (χ0v) is 17.0. The number of phenols is 1. The maximum atomic E-state index is 12.2. The monoisotopic (exact) mass is 463 g/mol. The van der Waals surface area contributed by atoms with E-state index >= 15 is 0 Å². The topological polar surface area (TPSA) is 68.1 Å². The number of phenolic OH excluding ortho intramolecular Hbond substituents is 1. The second kappa shape index (κ2) is 6.99. The first-order valence-electron chi connectivity index (χ1n) is 7.74. The van der Waals surface area contributed by atoms with Gasteiger partial charge in [-0.2, -0.15) is 0 Å². The van der Waals surface area contributed by atoms with E-state index in [2.05, 4.69) is 20.9 Å². The normalized spacial score (nSPS) is 15.3. The SMILES string of the molecule is COc1ccc(/C=C2/N=C(c3sc4cc(Br)ccc4c3Cl)OC2=O)cc1O. The van der Waals surface area contributed by atoms with Crippen molar-refractivity contribution in [2.45, 2.75) is 0 Å². The molecular weight excluding hydrogens is 454 g/mol. The number of halogens is 2. The van der Waals surface area contributed by atoms with Gasteiger partial charge in [0.15, 0.2) is 17.2 Å². The zero-order valence-electron chi connectivity index (χ0n) is 13.8. The molecule has 0 radical (unpaired) electrons. The van der Waals surface area contributed by atoms with Gasteiger partial charge in [-0.1, -0.05) is 39.7 Å². The number of carbonyl (C=O) groups is 1. The van der Waals surface area contributed by atoms with Gasteiger partial charge in [0.1, 0.15) is 4.88 Å². The van der Waals surface area contributed by atoms with Gasteiger partial charge in [-0.3, -0.25) is 0 Å². The summed E-state index contributed by atoms with van der Waals surface area (Å²) in [7, 11) is 1.46. The van der Waals surface area contributed by atoms with E-state index in [4.69, 9.17) is 21.1 Å². The van der Waals surface area contributed by atoms with Crippen LogP contribution in [-0.4, -0.2) is 24.1 Å². The standard InChI is InChI=1S/C19H11BrClNO4S/c1-25-14-5-2-9(7-13(14)23)6-12-19(24)26-18(22-12)17-16(21)11-4-3-10(20)8-15(11)27-17/h2-8,23H,1H3/b12-6+. The van der Waals surface area contributed by atoms with Crippen LogP contribution in [0.3, 0.4) is 0 Å². The summed E-state index contributed by atoms with van der Waals surface area (Å²) >= 11 is 11.3. The molecule has 0 aliphatic carbocycles. The molecule has 0 unspecified atom stereocenters. The average Bonchev–Trinajstić information content (AvgIpc) is 3.15. The molecule has 0 spiro atoms. The lowest BCUT2D eigenvalue weighted by molar-refractivity contribution is -0.129. The van der Waals surface area contributed by atoms with E-state index < -0.39 is 5.97 Å².